The van der Waals surface area contributed by atoms with Crippen LogP contribution in [0, 0.1) is 5.92 Å². The van der Waals surface area contributed by atoms with E-state index in [0.717, 1.165) is 18.7 Å². The molecule has 1 aliphatic rings. The van der Waals surface area contributed by atoms with Gasteiger partial charge in [-0.15, -0.1) is 0 Å². The lowest BCUT2D eigenvalue weighted by Gasteiger charge is -2.24. The molecule has 0 radical (unpaired) electrons. The highest BCUT2D eigenvalue weighted by Gasteiger charge is 2.40. The number of rotatable bonds is 6. The SMILES string of the molecule is CSCCCN1C(=O)C(C(C)C)NC1c1ccccc1. The Kier molecular flexibility index (Phi) is 5.49. The molecule has 1 N–H and O–H groups in total. The van der Waals surface area contributed by atoms with Crippen LogP contribution in [0.1, 0.15) is 32.0 Å². The van der Waals surface area contributed by atoms with Crippen LogP contribution < -0.4 is 5.32 Å². The molecule has 2 atom stereocenters. The van der Waals surface area contributed by atoms with Crippen molar-refractivity contribution in [2.24, 2.45) is 5.92 Å². The minimum atomic E-state index is -0.0607. The molecule has 2 unspecified atom stereocenters. The van der Waals surface area contributed by atoms with Crippen LogP contribution in [0.15, 0.2) is 30.3 Å². The van der Waals surface area contributed by atoms with Crippen LogP contribution in [-0.4, -0.2) is 35.4 Å². The molecule has 3 nitrogen and oxygen atoms in total. The number of benzene rings is 1. The lowest BCUT2D eigenvalue weighted by atomic mass is 10.1. The summed E-state index contributed by atoms with van der Waals surface area (Å²) in [6.45, 7) is 5.03. The van der Waals surface area contributed by atoms with Gasteiger partial charge in [0.25, 0.3) is 0 Å². The summed E-state index contributed by atoms with van der Waals surface area (Å²) < 4.78 is 0. The first-order chi connectivity index (χ1) is 9.65. The van der Waals surface area contributed by atoms with Gasteiger partial charge in [0.1, 0.15) is 6.17 Å². The van der Waals surface area contributed by atoms with Crippen molar-refractivity contribution in [3.8, 4) is 0 Å². The molecule has 1 aliphatic heterocycles. The van der Waals surface area contributed by atoms with Crippen LogP contribution in [0.5, 0.6) is 0 Å². The van der Waals surface area contributed by atoms with E-state index >= 15 is 0 Å². The minimum Gasteiger partial charge on any atom is -0.322 e. The van der Waals surface area contributed by atoms with Gasteiger partial charge >= 0.3 is 0 Å². The van der Waals surface area contributed by atoms with Crippen molar-refractivity contribution in [3.05, 3.63) is 35.9 Å². The van der Waals surface area contributed by atoms with Crippen LogP contribution in [0.3, 0.4) is 0 Å². The quantitative estimate of drug-likeness (QED) is 0.818. The average Bonchev–Trinajstić information content (AvgIpc) is 2.78. The molecule has 0 spiro atoms. The van der Waals surface area contributed by atoms with Gasteiger partial charge in [-0.1, -0.05) is 44.2 Å². The van der Waals surface area contributed by atoms with Crippen molar-refractivity contribution in [1.29, 1.82) is 0 Å². The smallest absolute Gasteiger partial charge is 0.241 e. The van der Waals surface area contributed by atoms with E-state index in [-0.39, 0.29) is 18.1 Å². The summed E-state index contributed by atoms with van der Waals surface area (Å²) >= 11 is 1.83. The van der Waals surface area contributed by atoms with E-state index < -0.39 is 0 Å². The Morgan fingerprint density at radius 3 is 2.60 bits per heavy atom. The van der Waals surface area contributed by atoms with Crippen LogP contribution >= 0.6 is 11.8 Å². The molecule has 1 aromatic rings. The van der Waals surface area contributed by atoms with Crippen LogP contribution in [0.2, 0.25) is 0 Å². The highest BCUT2D eigenvalue weighted by atomic mass is 32.2. The second kappa shape index (κ2) is 7.14. The molecular weight excluding hydrogens is 268 g/mol. The highest BCUT2D eigenvalue weighted by molar-refractivity contribution is 7.98. The Hall–Kier alpha value is -1.00. The molecule has 20 heavy (non-hydrogen) atoms. The second-order valence-corrected chi connectivity index (χ2v) is 6.57. The van der Waals surface area contributed by atoms with Gasteiger partial charge in [-0.25, -0.2) is 0 Å². The van der Waals surface area contributed by atoms with Gasteiger partial charge in [0.2, 0.25) is 5.91 Å². The van der Waals surface area contributed by atoms with Gasteiger partial charge in [0.15, 0.2) is 0 Å². The summed E-state index contributed by atoms with van der Waals surface area (Å²) in [5, 5.41) is 3.50. The number of nitrogens with one attached hydrogen (secondary N) is 1. The lowest BCUT2D eigenvalue weighted by Crippen LogP contribution is -2.35. The maximum atomic E-state index is 12.6. The fourth-order valence-electron chi connectivity index (χ4n) is 2.64. The number of carbonyl (C=O) groups is 1. The zero-order chi connectivity index (χ0) is 14.5. The van der Waals surface area contributed by atoms with E-state index in [1.165, 1.54) is 5.56 Å². The number of thioether (sulfide) groups is 1. The molecule has 2 rings (SSSR count). The Bertz CT molecular complexity index is 435. The van der Waals surface area contributed by atoms with Gasteiger partial charge in [-0.05, 0) is 29.9 Å². The monoisotopic (exact) mass is 292 g/mol. The molecule has 0 aromatic heterocycles. The van der Waals surface area contributed by atoms with Crippen LogP contribution in [0.4, 0.5) is 0 Å². The molecule has 4 heteroatoms. The van der Waals surface area contributed by atoms with Crippen molar-refractivity contribution >= 4 is 17.7 Å². The van der Waals surface area contributed by atoms with Crippen molar-refractivity contribution in [2.75, 3.05) is 18.6 Å². The summed E-state index contributed by atoms with van der Waals surface area (Å²) in [6.07, 6.45) is 3.18. The number of carbonyl (C=O) groups excluding carboxylic acids is 1. The Labute approximate surface area is 126 Å². The maximum Gasteiger partial charge on any atom is 0.241 e. The first-order valence-electron chi connectivity index (χ1n) is 7.25. The minimum absolute atomic E-state index is 0.0259. The van der Waals surface area contributed by atoms with E-state index in [2.05, 4.69) is 37.6 Å². The van der Waals surface area contributed by atoms with E-state index in [9.17, 15) is 4.79 Å². The average molecular weight is 292 g/mol. The maximum absolute atomic E-state index is 12.6. The van der Waals surface area contributed by atoms with Crippen molar-refractivity contribution in [1.82, 2.24) is 10.2 Å². The van der Waals surface area contributed by atoms with Crippen LogP contribution in [-0.2, 0) is 4.79 Å². The predicted molar refractivity (Wildman–Crippen MR) is 85.7 cm³/mol. The van der Waals surface area contributed by atoms with Gasteiger partial charge < -0.3 is 4.90 Å². The first-order valence-corrected chi connectivity index (χ1v) is 8.65. The van der Waals surface area contributed by atoms with Crippen LogP contribution in [0.25, 0.3) is 0 Å². The molecule has 0 bridgehead atoms. The first kappa shape index (κ1) is 15.4. The summed E-state index contributed by atoms with van der Waals surface area (Å²) in [6, 6.07) is 10.2. The fourth-order valence-corrected chi connectivity index (χ4v) is 3.06. The molecule has 1 saturated heterocycles. The summed E-state index contributed by atoms with van der Waals surface area (Å²) in [7, 11) is 0. The van der Waals surface area contributed by atoms with Gasteiger partial charge in [-0.3, -0.25) is 10.1 Å². The zero-order valence-corrected chi connectivity index (χ0v) is 13.3. The third kappa shape index (κ3) is 3.36. The van der Waals surface area contributed by atoms with E-state index in [1.807, 2.05) is 34.9 Å². The molecule has 1 amide bonds. The number of amides is 1. The molecule has 1 fully saturated rings. The summed E-state index contributed by atoms with van der Waals surface area (Å²) in [5.41, 5.74) is 1.17. The molecule has 1 heterocycles. The highest BCUT2D eigenvalue weighted by Crippen LogP contribution is 2.28. The van der Waals surface area contributed by atoms with E-state index in [4.69, 9.17) is 0 Å². The standard InChI is InChI=1S/C16H24N2OS/c1-12(2)14-16(19)18(10-7-11-20-3)15(17-14)13-8-5-4-6-9-13/h4-6,8-9,12,14-15,17H,7,10-11H2,1-3H3. The topological polar surface area (TPSA) is 32.3 Å². The predicted octanol–water partition coefficient (Wildman–Crippen LogP) is 2.89. The largest absolute Gasteiger partial charge is 0.322 e. The van der Waals surface area contributed by atoms with Crippen molar-refractivity contribution in [2.45, 2.75) is 32.5 Å². The third-order valence-corrected chi connectivity index (χ3v) is 4.42. The molecule has 110 valence electrons. The van der Waals surface area contributed by atoms with Crippen molar-refractivity contribution in [3.63, 3.8) is 0 Å². The Morgan fingerprint density at radius 2 is 2.00 bits per heavy atom. The molecule has 0 saturated carbocycles. The normalized spacial score (nSPS) is 22.8. The number of hydrogen-bond donors (Lipinski definition) is 1. The zero-order valence-electron chi connectivity index (χ0n) is 12.5. The summed E-state index contributed by atoms with van der Waals surface area (Å²) in [5.74, 6) is 1.66. The van der Waals surface area contributed by atoms with Gasteiger partial charge in [-0.2, -0.15) is 11.8 Å². The van der Waals surface area contributed by atoms with E-state index in [0.29, 0.717) is 5.92 Å². The second-order valence-electron chi connectivity index (χ2n) is 5.58. The number of hydrogen-bond acceptors (Lipinski definition) is 3. The third-order valence-electron chi connectivity index (χ3n) is 3.73. The summed E-state index contributed by atoms with van der Waals surface area (Å²) in [4.78, 5) is 14.6. The fraction of sp³-hybridized carbons (Fsp3) is 0.562. The van der Waals surface area contributed by atoms with Gasteiger partial charge in [0, 0.05) is 6.54 Å². The lowest BCUT2D eigenvalue weighted by molar-refractivity contribution is -0.130. The molecule has 1 aromatic carbocycles. The molecular formula is C16H24N2OS. The van der Waals surface area contributed by atoms with Crippen molar-refractivity contribution < 1.29 is 4.79 Å². The molecule has 0 aliphatic carbocycles. The number of nitrogens with zero attached hydrogens (tertiary/aromatic N) is 1. The van der Waals surface area contributed by atoms with Gasteiger partial charge in [0.05, 0.1) is 6.04 Å². The Morgan fingerprint density at radius 1 is 1.30 bits per heavy atom. The van der Waals surface area contributed by atoms with E-state index in [1.54, 1.807) is 0 Å². The Balaban J connectivity index is 2.16.